The Morgan fingerprint density at radius 3 is 2.00 bits per heavy atom. The van der Waals surface area contributed by atoms with E-state index in [4.69, 9.17) is 28.4 Å². The highest BCUT2D eigenvalue weighted by atomic mass is 16.6. The third kappa shape index (κ3) is 3.97. The van der Waals surface area contributed by atoms with Gasteiger partial charge in [-0.15, -0.1) is 0 Å². The van der Waals surface area contributed by atoms with E-state index in [1.807, 2.05) is 0 Å². The lowest BCUT2D eigenvalue weighted by Crippen LogP contribution is -2.34. The lowest BCUT2D eigenvalue weighted by Gasteiger charge is -2.17. The first-order valence-electron chi connectivity index (χ1n) is 9.56. The summed E-state index contributed by atoms with van der Waals surface area (Å²) in [5.41, 5.74) is 0. The fourth-order valence-corrected chi connectivity index (χ4v) is 4.13. The van der Waals surface area contributed by atoms with Gasteiger partial charge in [0, 0.05) is 18.8 Å². The second-order valence-electron chi connectivity index (χ2n) is 7.65. The number of hydrogen-bond acceptors (Lipinski definition) is 9. The fraction of sp³-hybridized carbons (Fsp3) is 0.889. The van der Waals surface area contributed by atoms with Crippen molar-refractivity contribution in [2.75, 3.05) is 26.4 Å². The SMILES string of the molecule is C[C@H]1CO[C@H]2[C@@H]1OC[C@H]2OC(=O)CCCC(=O)O[C@H]1CO[C@H]2[C@@H]1OC[C@H]2O. The number of aliphatic hydroxyl groups excluding tert-OH is 1. The van der Waals surface area contributed by atoms with E-state index in [0.29, 0.717) is 25.6 Å². The average molecular weight is 386 g/mol. The number of esters is 2. The second kappa shape index (κ2) is 8.00. The van der Waals surface area contributed by atoms with Crippen LogP contribution in [0.5, 0.6) is 0 Å². The molecule has 0 radical (unpaired) electrons. The minimum Gasteiger partial charge on any atom is -0.457 e. The van der Waals surface area contributed by atoms with Gasteiger partial charge in [-0.25, -0.2) is 0 Å². The van der Waals surface area contributed by atoms with Crippen LogP contribution >= 0.6 is 0 Å². The predicted octanol–water partition coefficient (Wildman–Crippen LogP) is -0.427. The molecule has 4 heterocycles. The van der Waals surface area contributed by atoms with Crippen LogP contribution in [0.4, 0.5) is 0 Å². The number of carbonyl (C=O) groups excluding carboxylic acids is 2. The molecule has 0 aromatic carbocycles. The number of ether oxygens (including phenoxy) is 6. The van der Waals surface area contributed by atoms with Crippen molar-refractivity contribution in [1.82, 2.24) is 0 Å². The summed E-state index contributed by atoms with van der Waals surface area (Å²) in [5.74, 6) is -0.483. The molecule has 4 fully saturated rings. The molecule has 0 spiro atoms. The van der Waals surface area contributed by atoms with Crippen LogP contribution in [-0.2, 0) is 38.0 Å². The molecule has 9 heteroatoms. The van der Waals surface area contributed by atoms with E-state index >= 15 is 0 Å². The summed E-state index contributed by atoms with van der Waals surface area (Å²) in [6.45, 7) is 3.41. The molecule has 0 unspecified atom stereocenters. The molecule has 27 heavy (non-hydrogen) atoms. The number of aliphatic hydroxyl groups is 1. The van der Waals surface area contributed by atoms with Gasteiger partial charge >= 0.3 is 11.9 Å². The van der Waals surface area contributed by atoms with Crippen molar-refractivity contribution < 1.29 is 43.1 Å². The maximum atomic E-state index is 12.0. The smallest absolute Gasteiger partial charge is 0.306 e. The zero-order chi connectivity index (χ0) is 19.0. The number of hydrogen-bond donors (Lipinski definition) is 1. The molecule has 0 aliphatic carbocycles. The van der Waals surface area contributed by atoms with Crippen LogP contribution in [0.1, 0.15) is 26.2 Å². The summed E-state index contributed by atoms with van der Waals surface area (Å²) in [5, 5.41) is 9.68. The van der Waals surface area contributed by atoms with E-state index in [9.17, 15) is 14.7 Å². The summed E-state index contributed by atoms with van der Waals surface area (Å²) in [4.78, 5) is 24.0. The van der Waals surface area contributed by atoms with Gasteiger partial charge in [-0.1, -0.05) is 6.92 Å². The molecule has 0 aromatic rings. The van der Waals surface area contributed by atoms with Crippen LogP contribution < -0.4 is 0 Å². The molecular formula is C18H26O9. The Bertz CT molecular complexity index is 519. The van der Waals surface area contributed by atoms with Crippen LogP contribution in [0, 0.1) is 5.92 Å². The van der Waals surface area contributed by atoms with Crippen molar-refractivity contribution in [3.8, 4) is 0 Å². The lowest BCUT2D eigenvalue weighted by atomic mass is 10.0. The molecule has 4 aliphatic rings. The van der Waals surface area contributed by atoms with Crippen molar-refractivity contribution in [2.45, 2.75) is 68.9 Å². The van der Waals surface area contributed by atoms with Crippen LogP contribution in [0.2, 0.25) is 0 Å². The van der Waals surface area contributed by atoms with E-state index in [2.05, 4.69) is 6.92 Å². The summed E-state index contributed by atoms with van der Waals surface area (Å²) in [7, 11) is 0. The highest BCUT2D eigenvalue weighted by molar-refractivity contribution is 5.72. The standard InChI is InChI=1S/C18H26O9/c1-9-5-22-17-11(7-24-15(9)17)26-13(20)3-2-4-14(21)27-12-8-25-16-10(19)6-23-18(12)16/h9-12,15-19H,2-8H2,1H3/t9-,10+,11+,12-,15+,16+,17+,18+/m0/s1. The molecule has 0 saturated carbocycles. The van der Waals surface area contributed by atoms with Gasteiger partial charge < -0.3 is 33.5 Å². The molecular weight excluding hydrogens is 360 g/mol. The highest BCUT2D eigenvalue weighted by Crippen LogP contribution is 2.32. The molecule has 1 N–H and O–H groups in total. The molecule has 8 atom stereocenters. The third-order valence-corrected chi connectivity index (χ3v) is 5.56. The second-order valence-corrected chi connectivity index (χ2v) is 7.65. The monoisotopic (exact) mass is 386 g/mol. The molecule has 0 amide bonds. The van der Waals surface area contributed by atoms with Gasteiger partial charge in [-0.3, -0.25) is 9.59 Å². The topological polar surface area (TPSA) is 110 Å². The molecule has 4 rings (SSSR count). The Kier molecular flexibility index (Phi) is 5.65. The Hall–Kier alpha value is -1.26. The normalized spacial score (nSPS) is 42.7. The Morgan fingerprint density at radius 2 is 1.33 bits per heavy atom. The van der Waals surface area contributed by atoms with Crippen molar-refractivity contribution >= 4 is 11.9 Å². The van der Waals surface area contributed by atoms with E-state index in [1.165, 1.54) is 0 Å². The molecule has 9 nitrogen and oxygen atoms in total. The van der Waals surface area contributed by atoms with Crippen LogP contribution in [-0.4, -0.2) is 86.2 Å². The summed E-state index contributed by atoms with van der Waals surface area (Å²) < 4.78 is 32.9. The fourth-order valence-electron chi connectivity index (χ4n) is 4.13. The predicted molar refractivity (Wildman–Crippen MR) is 87.7 cm³/mol. The highest BCUT2D eigenvalue weighted by Gasteiger charge is 2.49. The minimum absolute atomic E-state index is 0.00782. The van der Waals surface area contributed by atoms with E-state index in [0.717, 1.165) is 0 Å². The maximum Gasteiger partial charge on any atom is 0.306 e. The number of rotatable bonds is 6. The van der Waals surface area contributed by atoms with Crippen LogP contribution in [0.15, 0.2) is 0 Å². The van der Waals surface area contributed by atoms with Gasteiger partial charge in [0.15, 0.2) is 12.2 Å². The first kappa shape index (κ1) is 19.1. The molecule has 4 aliphatic heterocycles. The third-order valence-electron chi connectivity index (χ3n) is 5.56. The Morgan fingerprint density at radius 1 is 0.815 bits per heavy atom. The molecule has 152 valence electrons. The summed E-state index contributed by atoms with van der Waals surface area (Å²) in [6, 6.07) is 0. The van der Waals surface area contributed by atoms with E-state index in [1.54, 1.807) is 0 Å². The van der Waals surface area contributed by atoms with E-state index < -0.39 is 30.4 Å². The summed E-state index contributed by atoms with van der Waals surface area (Å²) in [6.07, 6.45) is -2.06. The van der Waals surface area contributed by atoms with Gasteiger partial charge in [0.2, 0.25) is 0 Å². The summed E-state index contributed by atoms with van der Waals surface area (Å²) >= 11 is 0. The van der Waals surface area contributed by atoms with Crippen molar-refractivity contribution in [1.29, 1.82) is 0 Å². The van der Waals surface area contributed by atoms with Gasteiger partial charge in [-0.2, -0.15) is 0 Å². The van der Waals surface area contributed by atoms with Gasteiger partial charge in [0.1, 0.15) is 24.4 Å². The lowest BCUT2D eigenvalue weighted by molar-refractivity contribution is -0.155. The molecule has 0 bridgehead atoms. The van der Waals surface area contributed by atoms with Crippen LogP contribution in [0.25, 0.3) is 0 Å². The van der Waals surface area contributed by atoms with Crippen LogP contribution in [0.3, 0.4) is 0 Å². The quantitative estimate of drug-likeness (QED) is 0.608. The molecule has 4 saturated heterocycles. The largest absolute Gasteiger partial charge is 0.457 e. The number of fused-ring (bicyclic) bond motifs is 2. The van der Waals surface area contributed by atoms with Crippen molar-refractivity contribution in [2.24, 2.45) is 5.92 Å². The first-order chi connectivity index (χ1) is 13.0. The van der Waals surface area contributed by atoms with Gasteiger partial charge in [0.25, 0.3) is 0 Å². The van der Waals surface area contributed by atoms with Gasteiger partial charge in [-0.05, 0) is 6.42 Å². The first-order valence-corrected chi connectivity index (χ1v) is 9.56. The number of carbonyl (C=O) groups is 2. The maximum absolute atomic E-state index is 12.0. The minimum atomic E-state index is -0.681. The van der Waals surface area contributed by atoms with E-state index in [-0.39, 0.29) is 50.3 Å². The molecule has 0 aromatic heterocycles. The van der Waals surface area contributed by atoms with Crippen molar-refractivity contribution in [3.63, 3.8) is 0 Å². The Labute approximate surface area is 157 Å². The average Bonchev–Trinajstić information content (AvgIpc) is 3.37. The van der Waals surface area contributed by atoms with Crippen molar-refractivity contribution in [3.05, 3.63) is 0 Å². The zero-order valence-corrected chi connectivity index (χ0v) is 15.3. The van der Waals surface area contributed by atoms with Gasteiger partial charge in [0.05, 0.1) is 32.5 Å². The Balaban J connectivity index is 1.14. The zero-order valence-electron chi connectivity index (χ0n) is 15.3.